The summed E-state index contributed by atoms with van der Waals surface area (Å²) in [5, 5.41) is 19.9. The minimum absolute atomic E-state index is 0.164. The van der Waals surface area contributed by atoms with Gasteiger partial charge in [-0.25, -0.2) is 8.42 Å². The molecule has 0 atom stereocenters. The summed E-state index contributed by atoms with van der Waals surface area (Å²) in [6.07, 6.45) is 1.19. The van der Waals surface area contributed by atoms with Crippen molar-refractivity contribution in [2.24, 2.45) is 0 Å². The molecular formula is C12H18N4O2S. The molecule has 0 aliphatic rings. The van der Waals surface area contributed by atoms with Crippen LogP contribution in [0.3, 0.4) is 0 Å². The number of nitrogens with zero attached hydrogens (tertiary/aromatic N) is 3. The zero-order chi connectivity index (χ0) is 14.8. The summed E-state index contributed by atoms with van der Waals surface area (Å²) in [7, 11) is -3.20. The molecule has 0 unspecified atom stereocenters. The van der Waals surface area contributed by atoms with Gasteiger partial charge in [0.2, 0.25) is 0 Å². The van der Waals surface area contributed by atoms with Gasteiger partial charge in [0.15, 0.2) is 15.7 Å². The van der Waals surface area contributed by atoms with E-state index in [1.807, 2.05) is 0 Å². The van der Waals surface area contributed by atoms with Gasteiger partial charge in [0, 0.05) is 12.8 Å². The van der Waals surface area contributed by atoms with E-state index in [9.17, 15) is 8.42 Å². The molecule has 0 fully saturated rings. The maximum atomic E-state index is 11.6. The topological polar surface area (TPSA) is 95.7 Å². The molecule has 0 spiro atoms. The molecule has 104 valence electrons. The highest BCUT2D eigenvalue weighted by Crippen LogP contribution is 2.20. The van der Waals surface area contributed by atoms with Crippen LogP contribution in [0.15, 0.2) is 0 Å². The lowest BCUT2D eigenvalue weighted by atomic mass is 10.1. The van der Waals surface area contributed by atoms with Gasteiger partial charge in [0.25, 0.3) is 0 Å². The SMILES string of the molecule is Cc1nnc(NCC(C)(C)S(C)(=O)=O)c(C#N)c1C. The molecule has 0 aliphatic heterocycles. The van der Waals surface area contributed by atoms with E-state index in [4.69, 9.17) is 5.26 Å². The maximum absolute atomic E-state index is 11.6. The third-order valence-corrected chi connectivity index (χ3v) is 5.40. The third-order valence-electron chi connectivity index (χ3n) is 3.25. The van der Waals surface area contributed by atoms with E-state index < -0.39 is 14.6 Å². The van der Waals surface area contributed by atoms with Gasteiger partial charge in [0.1, 0.15) is 11.6 Å². The predicted molar refractivity (Wildman–Crippen MR) is 73.6 cm³/mol. The summed E-state index contributed by atoms with van der Waals surface area (Å²) >= 11 is 0. The van der Waals surface area contributed by atoms with Gasteiger partial charge in [-0.15, -0.1) is 5.10 Å². The monoisotopic (exact) mass is 282 g/mol. The second kappa shape index (κ2) is 5.13. The fourth-order valence-electron chi connectivity index (χ4n) is 1.30. The van der Waals surface area contributed by atoms with Crippen LogP contribution in [-0.4, -0.2) is 36.2 Å². The quantitative estimate of drug-likeness (QED) is 0.891. The minimum Gasteiger partial charge on any atom is -0.366 e. The molecule has 6 nitrogen and oxygen atoms in total. The van der Waals surface area contributed by atoms with Crippen LogP contribution in [0, 0.1) is 25.2 Å². The highest BCUT2D eigenvalue weighted by atomic mass is 32.2. The van der Waals surface area contributed by atoms with Crippen LogP contribution in [0.25, 0.3) is 0 Å². The smallest absolute Gasteiger partial charge is 0.166 e. The third kappa shape index (κ3) is 3.20. The van der Waals surface area contributed by atoms with E-state index in [1.165, 1.54) is 6.26 Å². The number of hydrogen-bond donors (Lipinski definition) is 1. The van der Waals surface area contributed by atoms with Gasteiger partial charge >= 0.3 is 0 Å². The molecule has 0 amide bonds. The molecular weight excluding hydrogens is 264 g/mol. The number of aromatic nitrogens is 2. The van der Waals surface area contributed by atoms with E-state index in [0.717, 1.165) is 5.56 Å². The standard InChI is InChI=1S/C12H18N4O2S/c1-8-9(2)15-16-11(10(8)6-13)14-7-12(3,4)19(5,17)18/h7H2,1-5H3,(H,14,16). The average Bonchev–Trinajstić information content (AvgIpc) is 2.29. The number of nitriles is 1. The highest BCUT2D eigenvalue weighted by Gasteiger charge is 2.30. The van der Waals surface area contributed by atoms with Gasteiger partial charge in [-0.1, -0.05) is 0 Å². The van der Waals surface area contributed by atoms with Crippen molar-refractivity contribution in [3.05, 3.63) is 16.8 Å². The van der Waals surface area contributed by atoms with E-state index in [0.29, 0.717) is 17.1 Å². The van der Waals surface area contributed by atoms with Gasteiger partial charge in [-0.05, 0) is 33.3 Å². The van der Waals surface area contributed by atoms with E-state index in [2.05, 4.69) is 21.6 Å². The second-order valence-electron chi connectivity index (χ2n) is 5.13. The van der Waals surface area contributed by atoms with Crippen LogP contribution in [0.4, 0.5) is 5.82 Å². The van der Waals surface area contributed by atoms with Crippen LogP contribution >= 0.6 is 0 Å². The Balaban J connectivity index is 3.04. The van der Waals surface area contributed by atoms with Crippen LogP contribution < -0.4 is 5.32 Å². The number of anilines is 1. The van der Waals surface area contributed by atoms with Gasteiger partial charge in [-0.2, -0.15) is 10.4 Å². The molecule has 1 rings (SSSR count). The van der Waals surface area contributed by atoms with Crippen molar-refractivity contribution in [3.63, 3.8) is 0 Å². The molecule has 0 bridgehead atoms. The normalized spacial score (nSPS) is 12.0. The van der Waals surface area contributed by atoms with E-state index in [-0.39, 0.29) is 6.54 Å². The van der Waals surface area contributed by atoms with Crippen molar-refractivity contribution in [3.8, 4) is 6.07 Å². The summed E-state index contributed by atoms with van der Waals surface area (Å²) < 4.78 is 22.3. The molecule has 1 N–H and O–H groups in total. The lowest BCUT2D eigenvalue weighted by Gasteiger charge is -2.23. The number of rotatable bonds is 4. The maximum Gasteiger partial charge on any atom is 0.166 e. The molecule has 1 heterocycles. The molecule has 1 aromatic heterocycles. The molecule has 0 aliphatic carbocycles. The summed E-state index contributed by atoms with van der Waals surface area (Å²) in [5.41, 5.74) is 1.83. The first-order valence-electron chi connectivity index (χ1n) is 5.77. The van der Waals surface area contributed by atoms with Crippen molar-refractivity contribution in [1.82, 2.24) is 10.2 Å². The molecule has 1 aromatic rings. The Morgan fingerprint density at radius 3 is 2.37 bits per heavy atom. The fraction of sp³-hybridized carbons (Fsp3) is 0.583. The lowest BCUT2D eigenvalue weighted by Crippen LogP contribution is -2.38. The Morgan fingerprint density at radius 1 is 1.32 bits per heavy atom. The molecule has 0 saturated carbocycles. The number of hydrogen-bond acceptors (Lipinski definition) is 6. The van der Waals surface area contributed by atoms with Crippen LogP contribution in [-0.2, 0) is 9.84 Å². The summed E-state index contributed by atoms with van der Waals surface area (Å²) in [5.74, 6) is 0.322. The van der Waals surface area contributed by atoms with Crippen molar-refractivity contribution in [2.45, 2.75) is 32.4 Å². The van der Waals surface area contributed by atoms with Crippen LogP contribution in [0.1, 0.15) is 30.7 Å². The fourth-order valence-corrected chi connectivity index (χ4v) is 1.63. The molecule has 7 heteroatoms. The average molecular weight is 282 g/mol. The lowest BCUT2D eigenvalue weighted by molar-refractivity contribution is 0.559. The first-order valence-corrected chi connectivity index (χ1v) is 7.67. The summed E-state index contributed by atoms with van der Waals surface area (Å²) in [4.78, 5) is 0. The van der Waals surface area contributed by atoms with Gasteiger partial charge in [-0.3, -0.25) is 0 Å². The molecule has 0 radical (unpaired) electrons. The first kappa shape index (κ1) is 15.4. The Hall–Kier alpha value is -1.68. The Morgan fingerprint density at radius 2 is 1.89 bits per heavy atom. The zero-order valence-corrected chi connectivity index (χ0v) is 12.6. The van der Waals surface area contributed by atoms with Gasteiger partial charge in [0.05, 0.1) is 10.4 Å². The van der Waals surface area contributed by atoms with Crippen LogP contribution in [0.5, 0.6) is 0 Å². The van der Waals surface area contributed by atoms with Crippen molar-refractivity contribution < 1.29 is 8.42 Å². The van der Waals surface area contributed by atoms with E-state index in [1.54, 1.807) is 27.7 Å². The molecule has 0 aromatic carbocycles. The van der Waals surface area contributed by atoms with E-state index >= 15 is 0 Å². The van der Waals surface area contributed by atoms with Crippen molar-refractivity contribution in [2.75, 3.05) is 18.1 Å². The van der Waals surface area contributed by atoms with Gasteiger partial charge < -0.3 is 5.32 Å². The van der Waals surface area contributed by atoms with Crippen LogP contribution in [0.2, 0.25) is 0 Å². The highest BCUT2D eigenvalue weighted by molar-refractivity contribution is 7.92. The largest absolute Gasteiger partial charge is 0.366 e. The molecule has 0 saturated heterocycles. The Labute approximate surface area is 113 Å². The van der Waals surface area contributed by atoms with Crippen molar-refractivity contribution in [1.29, 1.82) is 5.26 Å². The van der Waals surface area contributed by atoms with Crippen molar-refractivity contribution >= 4 is 15.7 Å². The molecule has 19 heavy (non-hydrogen) atoms. The number of nitrogens with one attached hydrogen (secondary N) is 1. The zero-order valence-electron chi connectivity index (χ0n) is 11.8. The minimum atomic E-state index is -3.20. The number of sulfone groups is 1. The first-order chi connectivity index (χ1) is 8.60. The predicted octanol–water partition coefficient (Wildman–Crippen LogP) is 1.20. The summed E-state index contributed by atoms with van der Waals surface area (Å²) in [6, 6.07) is 2.07. The summed E-state index contributed by atoms with van der Waals surface area (Å²) in [6.45, 7) is 6.96. The second-order valence-corrected chi connectivity index (χ2v) is 7.78. The number of aryl methyl sites for hydroxylation is 1. The Bertz CT molecular complexity index is 630. The Kier molecular flexibility index (Phi) is 4.15.